The quantitative estimate of drug-likeness (QED) is 0.388. The number of allylic oxidation sites excluding steroid dienone is 4. The van der Waals surface area contributed by atoms with Crippen LogP contribution >= 0.6 is 0 Å². The molecule has 2 amide bonds. The first-order chi connectivity index (χ1) is 18.3. The number of hydrogen-bond donors (Lipinski definition) is 4. The van der Waals surface area contributed by atoms with Gasteiger partial charge in [-0.15, -0.1) is 0 Å². The minimum atomic E-state index is -0.830. The van der Waals surface area contributed by atoms with Gasteiger partial charge in [0, 0.05) is 37.9 Å². The molecule has 1 aliphatic carbocycles. The van der Waals surface area contributed by atoms with Crippen LogP contribution < -0.4 is 16.8 Å². The molecule has 2 aliphatic rings. The summed E-state index contributed by atoms with van der Waals surface area (Å²) in [6.07, 6.45) is 5.34. The number of nitrogens with two attached hydrogens (primary N) is 2. The van der Waals surface area contributed by atoms with Gasteiger partial charge in [-0.2, -0.15) is 0 Å². The molecule has 0 saturated heterocycles. The second kappa shape index (κ2) is 14.3. The lowest BCUT2D eigenvalue weighted by atomic mass is 9.78. The average Bonchev–Trinajstić information content (AvgIpc) is 2.88. The summed E-state index contributed by atoms with van der Waals surface area (Å²) in [6, 6.07) is 0. The average molecular weight is 546 g/mol. The molecule has 1 aliphatic heterocycles. The summed E-state index contributed by atoms with van der Waals surface area (Å²) < 4.78 is 11.3. The first kappa shape index (κ1) is 32.1. The predicted octanol–water partition coefficient (Wildman–Crippen LogP) is 1.83. The van der Waals surface area contributed by atoms with E-state index in [0.717, 1.165) is 6.08 Å². The molecule has 2 bridgehead atoms. The monoisotopic (exact) mass is 545 g/mol. The van der Waals surface area contributed by atoms with E-state index in [1.807, 2.05) is 20.8 Å². The van der Waals surface area contributed by atoms with Gasteiger partial charge >= 0.3 is 0 Å². The molecule has 0 fully saturated rings. The molecule has 0 spiro atoms. The van der Waals surface area contributed by atoms with Crippen molar-refractivity contribution in [3.63, 3.8) is 0 Å². The van der Waals surface area contributed by atoms with Crippen molar-refractivity contribution in [3.05, 3.63) is 46.8 Å². The number of Topliss-reactive ketones (excluding diaryl/α,β-unsaturated/α-hetero) is 1. The Morgan fingerprint density at radius 1 is 1.10 bits per heavy atom. The molecule has 7 atom stereocenters. The largest absolute Gasteiger partial charge is 0.395 e. The zero-order chi connectivity index (χ0) is 29.4. The van der Waals surface area contributed by atoms with Crippen molar-refractivity contribution in [2.75, 3.05) is 14.2 Å². The number of ketones is 2. The molecule has 39 heavy (non-hydrogen) atoms. The number of carbonyl (C=O) groups is 4. The Bertz CT molecular complexity index is 1070. The standard InChI is InChI=1S/C29H43N3O7/c1-15-10-20-26(31)22(33)14-21(28(20)36)32-29(37)16(2)8-7-9-23(38-5)19(13-25(30)34)17(3)12-18(4)27(35)24(11-15)39-6/h7-9,14-15,17-19,23-24,27,35H,10-13,31H2,1-6H3,(H2,30,34)(H,32,37)/b9-7-,16-8+/t15-,17?,18+,19+,23+,24+,27-/m1/s1. The number of primary amides is 1. The van der Waals surface area contributed by atoms with E-state index in [2.05, 4.69) is 5.32 Å². The smallest absolute Gasteiger partial charge is 0.251 e. The fourth-order valence-electron chi connectivity index (χ4n) is 5.35. The molecule has 2 rings (SSSR count). The van der Waals surface area contributed by atoms with E-state index in [1.54, 1.807) is 25.2 Å². The van der Waals surface area contributed by atoms with Crippen molar-refractivity contribution < 1.29 is 33.8 Å². The highest BCUT2D eigenvalue weighted by Crippen LogP contribution is 2.32. The maximum absolute atomic E-state index is 13.2. The molecular formula is C29H43N3O7. The Kier molecular flexibility index (Phi) is 11.8. The van der Waals surface area contributed by atoms with Crippen LogP contribution in [0.15, 0.2) is 46.8 Å². The van der Waals surface area contributed by atoms with Crippen molar-refractivity contribution in [1.82, 2.24) is 5.32 Å². The summed E-state index contributed by atoms with van der Waals surface area (Å²) in [5.41, 5.74) is 11.7. The SMILES string of the molecule is CO[C@H]1/C=C\C=C(/C)C(=O)NC2=CC(=O)C(N)=C(C[C@@H](C)C[C@H](OC)[C@H](O)[C@@H](C)CC(C)[C@@H]1CC(N)=O)C2=O. The van der Waals surface area contributed by atoms with E-state index in [-0.39, 0.29) is 59.1 Å². The maximum Gasteiger partial charge on any atom is 0.251 e. The van der Waals surface area contributed by atoms with Crippen LogP contribution in [0.3, 0.4) is 0 Å². The van der Waals surface area contributed by atoms with Crippen LogP contribution in [0, 0.1) is 23.7 Å². The van der Waals surface area contributed by atoms with Crippen LogP contribution in [0.25, 0.3) is 0 Å². The third-order valence-corrected chi connectivity index (χ3v) is 7.70. The van der Waals surface area contributed by atoms with Crippen LogP contribution in [0.2, 0.25) is 0 Å². The van der Waals surface area contributed by atoms with Gasteiger partial charge in [0.25, 0.3) is 5.91 Å². The number of methoxy groups -OCH3 is 2. The Balaban J connectivity index is 2.51. The fraction of sp³-hybridized carbons (Fsp3) is 0.586. The van der Waals surface area contributed by atoms with Gasteiger partial charge in [0.05, 0.1) is 29.7 Å². The first-order valence-corrected chi connectivity index (χ1v) is 13.3. The fourth-order valence-corrected chi connectivity index (χ4v) is 5.35. The van der Waals surface area contributed by atoms with Gasteiger partial charge in [-0.05, 0) is 49.9 Å². The van der Waals surface area contributed by atoms with E-state index in [4.69, 9.17) is 20.9 Å². The zero-order valence-electron chi connectivity index (χ0n) is 23.7. The molecule has 216 valence electrons. The van der Waals surface area contributed by atoms with Gasteiger partial charge in [0.15, 0.2) is 0 Å². The lowest BCUT2D eigenvalue weighted by molar-refractivity contribution is -0.121. The van der Waals surface area contributed by atoms with E-state index >= 15 is 0 Å². The highest BCUT2D eigenvalue weighted by Gasteiger charge is 2.34. The Morgan fingerprint density at radius 2 is 1.77 bits per heavy atom. The molecular weight excluding hydrogens is 502 g/mol. The normalized spacial score (nSPS) is 34.1. The lowest BCUT2D eigenvalue weighted by Gasteiger charge is -2.34. The van der Waals surface area contributed by atoms with Gasteiger partial charge in [0.2, 0.25) is 17.5 Å². The number of carbonyl (C=O) groups excluding carboxylic acids is 4. The molecule has 0 aromatic carbocycles. The van der Waals surface area contributed by atoms with Crippen LogP contribution in [0.4, 0.5) is 0 Å². The van der Waals surface area contributed by atoms with E-state index in [0.29, 0.717) is 12.8 Å². The molecule has 1 unspecified atom stereocenters. The molecule has 6 N–H and O–H groups in total. The van der Waals surface area contributed by atoms with Crippen molar-refractivity contribution in [2.24, 2.45) is 35.1 Å². The molecule has 10 heteroatoms. The molecule has 0 aromatic heterocycles. The molecule has 10 nitrogen and oxygen atoms in total. The number of rotatable bonds is 4. The summed E-state index contributed by atoms with van der Waals surface area (Å²) in [4.78, 5) is 50.5. The molecule has 0 saturated carbocycles. The Hall–Kier alpha value is -3.08. The van der Waals surface area contributed by atoms with Crippen LogP contribution in [-0.2, 0) is 28.7 Å². The first-order valence-electron chi connectivity index (χ1n) is 13.3. The number of nitrogens with one attached hydrogen (secondary N) is 1. The maximum atomic E-state index is 13.2. The summed E-state index contributed by atoms with van der Waals surface area (Å²) >= 11 is 0. The van der Waals surface area contributed by atoms with Crippen molar-refractivity contribution in [2.45, 2.75) is 71.7 Å². The predicted molar refractivity (Wildman–Crippen MR) is 147 cm³/mol. The van der Waals surface area contributed by atoms with Crippen molar-refractivity contribution in [1.29, 1.82) is 0 Å². The van der Waals surface area contributed by atoms with Gasteiger partial charge < -0.3 is 31.4 Å². The van der Waals surface area contributed by atoms with Gasteiger partial charge in [-0.3, -0.25) is 19.2 Å². The number of aliphatic hydroxyl groups is 1. The van der Waals surface area contributed by atoms with Crippen LogP contribution in [0.5, 0.6) is 0 Å². The van der Waals surface area contributed by atoms with E-state index < -0.39 is 41.7 Å². The second-order valence-electron chi connectivity index (χ2n) is 10.9. The number of ether oxygens (including phenoxy) is 2. The highest BCUT2D eigenvalue weighted by molar-refractivity contribution is 6.23. The van der Waals surface area contributed by atoms with Crippen molar-refractivity contribution in [3.8, 4) is 0 Å². The lowest BCUT2D eigenvalue weighted by Crippen LogP contribution is -2.38. The second-order valence-corrected chi connectivity index (χ2v) is 10.9. The topological polar surface area (TPSA) is 171 Å². The van der Waals surface area contributed by atoms with E-state index in [1.165, 1.54) is 14.2 Å². The molecule has 0 aromatic rings. The van der Waals surface area contributed by atoms with Gasteiger partial charge in [-0.25, -0.2) is 0 Å². The highest BCUT2D eigenvalue weighted by atomic mass is 16.5. The Labute approximate surface area is 230 Å². The molecule has 1 heterocycles. The van der Waals surface area contributed by atoms with Crippen LogP contribution in [0.1, 0.15) is 53.4 Å². The van der Waals surface area contributed by atoms with E-state index in [9.17, 15) is 24.3 Å². The van der Waals surface area contributed by atoms with Crippen molar-refractivity contribution >= 4 is 23.4 Å². The van der Waals surface area contributed by atoms with Gasteiger partial charge in [0.1, 0.15) is 0 Å². The number of aliphatic hydroxyl groups excluding tert-OH is 1. The third-order valence-electron chi connectivity index (χ3n) is 7.70. The summed E-state index contributed by atoms with van der Waals surface area (Å²) in [5.74, 6) is -2.78. The minimum absolute atomic E-state index is 0.0538. The van der Waals surface area contributed by atoms with Crippen LogP contribution in [-0.4, -0.2) is 61.0 Å². The number of fused-ring (bicyclic) bond motifs is 2. The number of hydrogen-bond acceptors (Lipinski definition) is 8. The third kappa shape index (κ3) is 8.45. The minimum Gasteiger partial charge on any atom is -0.395 e. The Morgan fingerprint density at radius 3 is 2.36 bits per heavy atom. The summed E-state index contributed by atoms with van der Waals surface area (Å²) in [6.45, 7) is 7.37. The molecule has 0 radical (unpaired) electrons. The number of amides is 2. The van der Waals surface area contributed by atoms with Gasteiger partial charge in [-0.1, -0.05) is 39.0 Å². The summed E-state index contributed by atoms with van der Waals surface area (Å²) in [7, 11) is 3.05. The zero-order valence-corrected chi connectivity index (χ0v) is 23.7. The summed E-state index contributed by atoms with van der Waals surface area (Å²) in [5, 5.41) is 13.7.